The second kappa shape index (κ2) is 7.19. The van der Waals surface area contributed by atoms with Crippen molar-refractivity contribution in [3.05, 3.63) is 70.9 Å². The average Bonchev–Trinajstić information content (AvgIpc) is 2.60. The van der Waals surface area contributed by atoms with Crippen molar-refractivity contribution >= 4 is 40.7 Å². The normalized spacial score (nSPS) is 10.3. The third-order valence-corrected chi connectivity index (χ3v) is 3.98. The number of carboxylic acid groups (broad SMARTS) is 1. The van der Waals surface area contributed by atoms with Crippen LogP contribution in [0.15, 0.2) is 54.7 Å². The first-order valence-corrected chi connectivity index (χ1v) is 7.86. The molecule has 0 aliphatic carbocycles. The molecule has 25 heavy (non-hydrogen) atoms. The number of benzene rings is 2. The van der Waals surface area contributed by atoms with Gasteiger partial charge in [-0.25, -0.2) is 9.78 Å². The van der Waals surface area contributed by atoms with Gasteiger partial charge >= 0.3 is 5.97 Å². The minimum Gasteiger partial charge on any atom is -0.478 e. The molecule has 7 heteroatoms. The van der Waals surface area contributed by atoms with Crippen LogP contribution in [0.4, 0.5) is 23.1 Å². The molecule has 1 heterocycles. The topological polar surface area (TPSA) is 87.1 Å². The maximum atomic E-state index is 10.9. The first kappa shape index (κ1) is 16.7. The Labute approximate surface area is 149 Å². The van der Waals surface area contributed by atoms with E-state index in [1.54, 1.807) is 24.4 Å². The summed E-state index contributed by atoms with van der Waals surface area (Å²) in [5.74, 6) is 0.0507. The van der Waals surface area contributed by atoms with Gasteiger partial charge in [0, 0.05) is 22.6 Å². The number of nitrogens with one attached hydrogen (secondary N) is 2. The van der Waals surface area contributed by atoms with Gasteiger partial charge in [0.25, 0.3) is 0 Å². The van der Waals surface area contributed by atoms with E-state index in [1.807, 2.05) is 25.1 Å². The lowest BCUT2D eigenvalue weighted by atomic mass is 10.2. The number of carboxylic acids is 1. The summed E-state index contributed by atoms with van der Waals surface area (Å²) < 4.78 is 0. The van der Waals surface area contributed by atoms with E-state index in [2.05, 4.69) is 20.6 Å². The van der Waals surface area contributed by atoms with Crippen LogP contribution in [0.2, 0.25) is 5.02 Å². The summed E-state index contributed by atoms with van der Waals surface area (Å²) in [6.07, 6.45) is 1.63. The van der Waals surface area contributed by atoms with Crippen LogP contribution >= 0.6 is 11.6 Å². The van der Waals surface area contributed by atoms with Gasteiger partial charge in [0.05, 0.1) is 5.56 Å². The summed E-state index contributed by atoms with van der Waals surface area (Å²) in [6.45, 7) is 1.91. The largest absolute Gasteiger partial charge is 0.478 e. The molecular formula is C18H15ClN4O2. The Morgan fingerprint density at radius 2 is 1.84 bits per heavy atom. The standard InChI is InChI=1S/C18H15ClN4O2/c1-11-14(19)3-2-4-15(11)22-18-20-10-9-16(23-18)21-13-7-5-12(6-8-13)17(24)25/h2-10H,1H3,(H,24,25)(H2,20,21,22,23). The fraction of sp³-hybridized carbons (Fsp3) is 0.0556. The van der Waals surface area contributed by atoms with Crippen LogP contribution in [-0.2, 0) is 0 Å². The Balaban J connectivity index is 1.77. The summed E-state index contributed by atoms with van der Waals surface area (Å²) in [4.78, 5) is 19.5. The van der Waals surface area contributed by atoms with Crippen molar-refractivity contribution in [2.75, 3.05) is 10.6 Å². The Hall–Kier alpha value is -3.12. The smallest absolute Gasteiger partial charge is 0.335 e. The number of hydrogen-bond acceptors (Lipinski definition) is 5. The van der Waals surface area contributed by atoms with E-state index < -0.39 is 5.97 Å². The lowest BCUT2D eigenvalue weighted by Gasteiger charge is -2.11. The van der Waals surface area contributed by atoms with Crippen LogP contribution in [0.5, 0.6) is 0 Å². The molecule has 0 bridgehead atoms. The summed E-state index contributed by atoms with van der Waals surface area (Å²) in [5, 5.41) is 15.8. The highest BCUT2D eigenvalue weighted by molar-refractivity contribution is 6.31. The summed E-state index contributed by atoms with van der Waals surface area (Å²) in [5.41, 5.74) is 2.70. The van der Waals surface area contributed by atoms with Gasteiger partial charge in [-0.05, 0) is 55.0 Å². The minimum atomic E-state index is -0.961. The summed E-state index contributed by atoms with van der Waals surface area (Å²) >= 11 is 6.12. The molecule has 3 aromatic rings. The molecule has 3 rings (SSSR count). The van der Waals surface area contributed by atoms with E-state index >= 15 is 0 Å². The van der Waals surface area contributed by atoms with Gasteiger partial charge in [-0.1, -0.05) is 17.7 Å². The number of halogens is 1. The van der Waals surface area contributed by atoms with Gasteiger partial charge in [-0.3, -0.25) is 0 Å². The third-order valence-electron chi connectivity index (χ3n) is 3.57. The zero-order valence-corrected chi connectivity index (χ0v) is 14.1. The molecule has 0 saturated carbocycles. The lowest BCUT2D eigenvalue weighted by molar-refractivity contribution is 0.0697. The van der Waals surface area contributed by atoms with Gasteiger partial charge in [0.2, 0.25) is 5.95 Å². The van der Waals surface area contributed by atoms with Gasteiger partial charge in [0.1, 0.15) is 5.82 Å². The molecule has 3 N–H and O–H groups in total. The van der Waals surface area contributed by atoms with E-state index in [-0.39, 0.29) is 5.56 Å². The zero-order valence-electron chi connectivity index (χ0n) is 13.3. The number of carbonyl (C=O) groups is 1. The Kier molecular flexibility index (Phi) is 4.81. The first-order valence-electron chi connectivity index (χ1n) is 7.48. The van der Waals surface area contributed by atoms with E-state index in [9.17, 15) is 4.79 Å². The number of anilines is 4. The number of aromatic carboxylic acids is 1. The predicted molar refractivity (Wildman–Crippen MR) is 98.2 cm³/mol. The fourth-order valence-corrected chi connectivity index (χ4v) is 2.37. The molecule has 0 aliphatic rings. The van der Waals surface area contributed by atoms with Crippen molar-refractivity contribution in [3.8, 4) is 0 Å². The van der Waals surface area contributed by atoms with Crippen molar-refractivity contribution in [3.63, 3.8) is 0 Å². The highest BCUT2D eigenvalue weighted by Crippen LogP contribution is 2.25. The molecule has 0 radical (unpaired) electrons. The van der Waals surface area contributed by atoms with E-state index in [1.165, 1.54) is 12.1 Å². The number of rotatable bonds is 5. The van der Waals surface area contributed by atoms with Crippen molar-refractivity contribution in [2.24, 2.45) is 0 Å². The van der Waals surface area contributed by atoms with Crippen LogP contribution in [0.25, 0.3) is 0 Å². The molecule has 0 amide bonds. The number of aromatic nitrogens is 2. The summed E-state index contributed by atoms with van der Waals surface area (Å²) in [6, 6.07) is 13.7. The first-order chi connectivity index (χ1) is 12.0. The quantitative estimate of drug-likeness (QED) is 0.619. The molecular weight excluding hydrogens is 340 g/mol. The van der Waals surface area contributed by atoms with E-state index in [0.717, 1.165) is 16.9 Å². The number of nitrogens with zero attached hydrogens (tertiary/aromatic N) is 2. The van der Waals surface area contributed by atoms with Crippen LogP contribution in [0, 0.1) is 6.92 Å². The van der Waals surface area contributed by atoms with Crippen molar-refractivity contribution in [2.45, 2.75) is 6.92 Å². The van der Waals surface area contributed by atoms with Crippen molar-refractivity contribution in [1.82, 2.24) is 9.97 Å². The zero-order chi connectivity index (χ0) is 17.8. The monoisotopic (exact) mass is 354 g/mol. The van der Waals surface area contributed by atoms with Gasteiger partial charge in [-0.15, -0.1) is 0 Å². The molecule has 0 fully saturated rings. The summed E-state index contributed by atoms with van der Waals surface area (Å²) in [7, 11) is 0. The Morgan fingerprint density at radius 3 is 2.56 bits per heavy atom. The van der Waals surface area contributed by atoms with Crippen LogP contribution in [0.1, 0.15) is 15.9 Å². The molecule has 2 aromatic carbocycles. The molecule has 6 nitrogen and oxygen atoms in total. The Bertz CT molecular complexity index is 913. The average molecular weight is 355 g/mol. The molecule has 0 unspecified atom stereocenters. The van der Waals surface area contributed by atoms with Crippen molar-refractivity contribution in [1.29, 1.82) is 0 Å². The second-order valence-electron chi connectivity index (χ2n) is 5.31. The molecule has 0 atom stereocenters. The van der Waals surface area contributed by atoms with Gasteiger partial charge < -0.3 is 15.7 Å². The highest BCUT2D eigenvalue weighted by Gasteiger charge is 2.06. The maximum absolute atomic E-state index is 10.9. The third kappa shape index (κ3) is 4.05. The van der Waals surface area contributed by atoms with Crippen LogP contribution in [0.3, 0.4) is 0 Å². The SMILES string of the molecule is Cc1c(Cl)cccc1Nc1nccc(Nc2ccc(C(=O)O)cc2)n1. The molecule has 0 aliphatic heterocycles. The number of hydrogen-bond donors (Lipinski definition) is 3. The molecule has 1 aromatic heterocycles. The fourth-order valence-electron chi connectivity index (χ4n) is 2.20. The van der Waals surface area contributed by atoms with E-state index in [0.29, 0.717) is 16.8 Å². The van der Waals surface area contributed by atoms with Gasteiger partial charge in [0.15, 0.2) is 0 Å². The van der Waals surface area contributed by atoms with Gasteiger partial charge in [-0.2, -0.15) is 4.98 Å². The molecule has 0 saturated heterocycles. The van der Waals surface area contributed by atoms with Crippen molar-refractivity contribution < 1.29 is 9.90 Å². The van der Waals surface area contributed by atoms with Crippen LogP contribution < -0.4 is 10.6 Å². The second-order valence-corrected chi connectivity index (χ2v) is 5.72. The highest BCUT2D eigenvalue weighted by atomic mass is 35.5. The maximum Gasteiger partial charge on any atom is 0.335 e. The predicted octanol–water partition coefficient (Wildman–Crippen LogP) is 4.62. The van der Waals surface area contributed by atoms with Crippen LogP contribution in [-0.4, -0.2) is 21.0 Å². The molecule has 126 valence electrons. The Morgan fingerprint density at radius 1 is 1.08 bits per heavy atom. The van der Waals surface area contributed by atoms with E-state index in [4.69, 9.17) is 16.7 Å². The molecule has 0 spiro atoms. The minimum absolute atomic E-state index is 0.229. The lowest BCUT2D eigenvalue weighted by Crippen LogP contribution is -2.02.